The molecule has 1 unspecified atom stereocenters. The van der Waals surface area contributed by atoms with E-state index in [1.54, 1.807) is 31.2 Å². The number of nitrogens with one attached hydrogen (secondary N) is 2. The lowest BCUT2D eigenvalue weighted by Gasteiger charge is -2.23. The SMILES string of the molecule is CCN(C#N)C(=O)C(Cc1ccc(O)cc1)NC(=S)Nc1ccccc1. The molecule has 6 nitrogen and oxygen atoms in total. The average Bonchev–Trinajstić information content (AvgIpc) is 2.64. The van der Waals surface area contributed by atoms with Crippen LogP contribution in [0.5, 0.6) is 5.75 Å². The average molecular weight is 368 g/mol. The van der Waals surface area contributed by atoms with E-state index < -0.39 is 6.04 Å². The van der Waals surface area contributed by atoms with E-state index in [0.29, 0.717) is 11.5 Å². The van der Waals surface area contributed by atoms with E-state index in [4.69, 9.17) is 17.5 Å². The second-order valence-electron chi connectivity index (χ2n) is 5.57. The van der Waals surface area contributed by atoms with Gasteiger partial charge in [-0.2, -0.15) is 5.26 Å². The Hall–Kier alpha value is -3.11. The largest absolute Gasteiger partial charge is 0.508 e. The Labute approximate surface area is 158 Å². The zero-order valence-corrected chi connectivity index (χ0v) is 15.2. The molecule has 7 heteroatoms. The Bertz CT molecular complexity index is 787. The Morgan fingerprint density at radius 1 is 1.23 bits per heavy atom. The van der Waals surface area contributed by atoms with Crippen LogP contribution in [0.1, 0.15) is 12.5 Å². The lowest BCUT2D eigenvalue weighted by molar-refractivity contribution is -0.129. The molecular formula is C19H20N4O2S. The molecule has 0 bridgehead atoms. The van der Waals surface area contributed by atoms with Crippen LogP contribution >= 0.6 is 12.2 Å². The maximum atomic E-state index is 12.7. The third kappa shape index (κ3) is 5.46. The molecule has 0 fully saturated rings. The number of anilines is 1. The monoisotopic (exact) mass is 368 g/mol. The quantitative estimate of drug-likeness (QED) is 0.413. The van der Waals surface area contributed by atoms with Gasteiger partial charge in [-0.25, -0.2) is 4.90 Å². The highest BCUT2D eigenvalue weighted by Crippen LogP contribution is 2.13. The third-order valence-corrected chi connectivity index (χ3v) is 3.93. The van der Waals surface area contributed by atoms with Crippen molar-refractivity contribution in [3.05, 3.63) is 60.2 Å². The van der Waals surface area contributed by atoms with Crippen molar-refractivity contribution in [2.45, 2.75) is 19.4 Å². The van der Waals surface area contributed by atoms with Gasteiger partial charge in [-0.05, 0) is 49.0 Å². The predicted octanol–water partition coefficient (Wildman–Crippen LogP) is 2.62. The van der Waals surface area contributed by atoms with E-state index in [1.165, 1.54) is 0 Å². The zero-order chi connectivity index (χ0) is 18.9. The van der Waals surface area contributed by atoms with E-state index in [2.05, 4.69) is 10.6 Å². The molecule has 0 aliphatic rings. The Balaban J connectivity index is 2.13. The van der Waals surface area contributed by atoms with Gasteiger partial charge in [0.15, 0.2) is 11.3 Å². The molecule has 2 aromatic carbocycles. The van der Waals surface area contributed by atoms with Gasteiger partial charge < -0.3 is 15.7 Å². The van der Waals surface area contributed by atoms with E-state index in [1.807, 2.05) is 36.5 Å². The number of phenolic OH excluding ortho intramolecular Hbond substituents is 1. The number of likely N-dealkylation sites (N-methyl/N-ethyl adjacent to an activating group) is 1. The van der Waals surface area contributed by atoms with Gasteiger partial charge in [-0.1, -0.05) is 30.3 Å². The number of nitriles is 1. The van der Waals surface area contributed by atoms with Crippen LogP contribution in [0.15, 0.2) is 54.6 Å². The van der Waals surface area contributed by atoms with Crippen molar-refractivity contribution in [3.8, 4) is 11.9 Å². The Morgan fingerprint density at radius 2 is 1.88 bits per heavy atom. The van der Waals surface area contributed by atoms with E-state index in [0.717, 1.165) is 16.2 Å². The molecule has 0 spiro atoms. The molecule has 2 aromatic rings. The summed E-state index contributed by atoms with van der Waals surface area (Å²) >= 11 is 5.31. The van der Waals surface area contributed by atoms with Crippen molar-refractivity contribution < 1.29 is 9.90 Å². The zero-order valence-electron chi connectivity index (χ0n) is 14.3. The number of thiocarbonyl (C=S) groups is 1. The molecule has 3 N–H and O–H groups in total. The van der Waals surface area contributed by atoms with Crippen molar-refractivity contribution in [1.82, 2.24) is 10.2 Å². The molecule has 0 aromatic heterocycles. The minimum atomic E-state index is -0.706. The molecule has 0 heterocycles. The summed E-state index contributed by atoms with van der Waals surface area (Å²) in [5.41, 5.74) is 1.64. The van der Waals surface area contributed by atoms with Crippen LogP contribution < -0.4 is 10.6 Å². The number of aromatic hydroxyl groups is 1. The normalized spacial score (nSPS) is 11.1. The van der Waals surface area contributed by atoms with Gasteiger partial charge in [0.2, 0.25) is 0 Å². The molecule has 26 heavy (non-hydrogen) atoms. The molecule has 2 rings (SSSR count). The highest BCUT2D eigenvalue weighted by molar-refractivity contribution is 7.80. The maximum Gasteiger partial charge on any atom is 0.258 e. The molecule has 134 valence electrons. The van der Waals surface area contributed by atoms with Crippen LogP contribution in [0.4, 0.5) is 5.69 Å². The number of para-hydroxylation sites is 1. The van der Waals surface area contributed by atoms with Crippen molar-refractivity contribution in [2.75, 3.05) is 11.9 Å². The standard InChI is InChI=1S/C19H20N4O2S/c1-2-23(13-20)18(25)17(12-14-8-10-16(24)11-9-14)22-19(26)21-15-6-4-3-5-7-15/h3-11,17,24H,2,12H2,1H3,(H2,21,22,26). The van der Waals surface area contributed by atoms with Gasteiger partial charge in [-0.15, -0.1) is 0 Å². The first-order valence-electron chi connectivity index (χ1n) is 8.15. The molecule has 0 aliphatic carbocycles. The minimum absolute atomic E-state index is 0.151. The van der Waals surface area contributed by atoms with Crippen LogP contribution in [0, 0.1) is 11.5 Å². The van der Waals surface area contributed by atoms with E-state index in [9.17, 15) is 9.90 Å². The van der Waals surface area contributed by atoms with Crippen LogP contribution in [0.3, 0.4) is 0 Å². The summed E-state index contributed by atoms with van der Waals surface area (Å²) in [5.74, 6) is -0.210. The summed E-state index contributed by atoms with van der Waals surface area (Å²) in [6.07, 6.45) is 2.22. The van der Waals surface area contributed by atoms with Gasteiger partial charge in [-0.3, -0.25) is 4.79 Å². The van der Waals surface area contributed by atoms with Crippen LogP contribution in [-0.2, 0) is 11.2 Å². The number of nitrogens with zero attached hydrogens (tertiary/aromatic N) is 2. The first kappa shape index (κ1) is 19.2. The summed E-state index contributed by atoms with van der Waals surface area (Å²) in [5, 5.41) is 24.9. The van der Waals surface area contributed by atoms with Crippen molar-refractivity contribution >= 4 is 28.9 Å². The summed E-state index contributed by atoms with van der Waals surface area (Å²) < 4.78 is 0. The predicted molar refractivity (Wildman–Crippen MR) is 104 cm³/mol. The first-order valence-corrected chi connectivity index (χ1v) is 8.56. The molecule has 1 amide bonds. The number of carbonyl (C=O) groups excluding carboxylic acids is 1. The summed E-state index contributed by atoms with van der Waals surface area (Å²) in [6.45, 7) is 2.02. The van der Waals surface area contributed by atoms with Gasteiger partial charge >= 0.3 is 0 Å². The molecule has 1 atom stereocenters. The molecule has 0 saturated carbocycles. The second-order valence-corrected chi connectivity index (χ2v) is 5.98. The highest BCUT2D eigenvalue weighted by Gasteiger charge is 2.24. The molecule has 0 radical (unpaired) electrons. The lowest BCUT2D eigenvalue weighted by atomic mass is 10.0. The van der Waals surface area contributed by atoms with Crippen LogP contribution in [-0.4, -0.2) is 33.6 Å². The highest BCUT2D eigenvalue weighted by atomic mass is 32.1. The number of hydrogen-bond donors (Lipinski definition) is 3. The number of amides is 1. The number of carbonyl (C=O) groups is 1. The molecule has 0 saturated heterocycles. The Kier molecular flexibility index (Phi) is 6.94. The fraction of sp³-hybridized carbons (Fsp3) is 0.211. The van der Waals surface area contributed by atoms with Crippen molar-refractivity contribution in [2.24, 2.45) is 0 Å². The van der Waals surface area contributed by atoms with Gasteiger partial charge in [0.1, 0.15) is 11.8 Å². The fourth-order valence-electron chi connectivity index (χ4n) is 2.38. The van der Waals surface area contributed by atoms with E-state index in [-0.39, 0.29) is 18.2 Å². The fourth-order valence-corrected chi connectivity index (χ4v) is 2.64. The lowest BCUT2D eigenvalue weighted by Crippen LogP contribution is -2.49. The summed E-state index contributed by atoms with van der Waals surface area (Å²) in [7, 11) is 0. The Morgan fingerprint density at radius 3 is 2.46 bits per heavy atom. The maximum absolute atomic E-state index is 12.7. The second kappa shape index (κ2) is 9.39. The molecular weight excluding hydrogens is 348 g/mol. The number of phenols is 1. The van der Waals surface area contributed by atoms with E-state index >= 15 is 0 Å². The molecule has 0 aliphatic heterocycles. The van der Waals surface area contributed by atoms with Crippen molar-refractivity contribution in [1.29, 1.82) is 5.26 Å². The van der Waals surface area contributed by atoms with Crippen LogP contribution in [0.2, 0.25) is 0 Å². The number of rotatable bonds is 6. The first-order chi connectivity index (χ1) is 12.5. The van der Waals surface area contributed by atoms with Crippen LogP contribution in [0.25, 0.3) is 0 Å². The van der Waals surface area contributed by atoms with Crippen molar-refractivity contribution in [3.63, 3.8) is 0 Å². The number of benzene rings is 2. The van der Waals surface area contributed by atoms with Gasteiger partial charge in [0.05, 0.1) is 0 Å². The summed E-state index contributed by atoms with van der Waals surface area (Å²) in [4.78, 5) is 13.8. The topological polar surface area (TPSA) is 88.4 Å². The van der Waals surface area contributed by atoms with Gasteiger partial charge in [0, 0.05) is 18.7 Å². The minimum Gasteiger partial charge on any atom is -0.508 e. The summed E-state index contributed by atoms with van der Waals surface area (Å²) in [6, 6.07) is 15.2. The van der Waals surface area contributed by atoms with Gasteiger partial charge in [0.25, 0.3) is 5.91 Å². The third-order valence-electron chi connectivity index (χ3n) is 3.71. The smallest absolute Gasteiger partial charge is 0.258 e. The number of hydrogen-bond acceptors (Lipinski definition) is 4.